The van der Waals surface area contributed by atoms with Crippen LogP contribution in [-0.2, 0) is 9.59 Å². The zero-order chi connectivity index (χ0) is 12.1. The molecule has 1 fully saturated rings. The lowest BCUT2D eigenvalue weighted by Gasteiger charge is -2.36. The van der Waals surface area contributed by atoms with Crippen LogP contribution in [0.4, 0.5) is 0 Å². The van der Waals surface area contributed by atoms with Gasteiger partial charge in [-0.25, -0.2) is 0 Å². The summed E-state index contributed by atoms with van der Waals surface area (Å²) >= 11 is 0. The summed E-state index contributed by atoms with van der Waals surface area (Å²) in [6, 6.07) is -0.680. The summed E-state index contributed by atoms with van der Waals surface area (Å²) in [6.07, 6.45) is 4.49. The van der Waals surface area contributed by atoms with Crippen molar-refractivity contribution in [1.82, 2.24) is 10.2 Å². The van der Waals surface area contributed by atoms with Crippen molar-refractivity contribution < 1.29 is 9.59 Å². The molecule has 4 heteroatoms. The second-order valence-electron chi connectivity index (χ2n) is 4.50. The Morgan fingerprint density at radius 1 is 1.19 bits per heavy atom. The Hall–Kier alpha value is -1.06. The molecule has 0 aliphatic carbocycles. The van der Waals surface area contributed by atoms with Gasteiger partial charge < -0.3 is 10.2 Å². The van der Waals surface area contributed by atoms with Gasteiger partial charge in [-0.3, -0.25) is 9.59 Å². The highest BCUT2D eigenvalue weighted by Crippen LogP contribution is 2.11. The van der Waals surface area contributed by atoms with Gasteiger partial charge in [-0.2, -0.15) is 0 Å². The number of carbonyl (C=O) groups is 2. The van der Waals surface area contributed by atoms with Gasteiger partial charge in [-0.1, -0.05) is 26.2 Å². The van der Waals surface area contributed by atoms with Gasteiger partial charge in [0, 0.05) is 6.54 Å². The first kappa shape index (κ1) is 13.0. The predicted molar refractivity (Wildman–Crippen MR) is 62.9 cm³/mol. The Kier molecular flexibility index (Phi) is 4.77. The summed E-state index contributed by atoms with van der Waals surface area (Å²) in [4.78, 5) is 25.1. The van der Waals surface area contributed by atoms with Crippen molar-refractivity contribution in [3.8, 4) is 0 Å². The lowest BCUT2D eigenvalue weighted by atomic mass is 10.1. The van der Waals surface area contributed by atoms with E-state index in [0.717, 1.165) is 12.8 Å². The topological polar surface area (TPSA) is 49.4 Å². The summed E-state index contributed by atoms with van der Waals surface area (Å²) in [5.74, 6) is 0.00573. The maximum absolute atomic E-state index is 11.9. The third kappa shape index (κ3) is 2.97. The van der Waals surface area contributed by atoms with Crippen molar-refractivity contribution >= 4 is 11.8 Å². The van der Waals surface area contributed by atoms with Crippen LogP contribution in [0.2, 0.25) is 0 Å². The first-order valence-electron chi connectivity index (χ1n) is 6.18. The highest BCUT2D eigenvalue weighted by Gasteiger charge is 2.34. The quantitative estimate of drug-likeness (QED) is 0.718. The minimum atomic E-state index is -0.366. The van der Waals surface area contributed by atoms with E-state index in [9.17, 15) is 9.59 Å². The highest BCUT2D eigenvalue weighted by molar-refractivity contribution is 5.96. The Morgan fingerprint density at radius 3 is 2.50 bits per heavy atom. The van der Waals surface area contributed by atoms with Gasteiger partial charge in [0.15, 0.2) is 0 Å². The summed E-state index contributed by atoms with van der Waals surface area (Å²) in [5.41, 5.74) is 0. The van der Waals surface area contributed by atoms with E-state index >= 15 is 0 Å². The number of nitrogens with zero attached hydrogens (tertiary/aromatic N) is 1. The van der Waals surface area contributed by atoms with E-state index in [1.807, 2.05) is 0 Å². The van der Waals surface area contributed by atoms with Gasteiger partial charge in [0.05, 0.1) is 0 Å². The number of rotatable bonds is 5. The Morgan fingerprint density at radius 2 is 1.88 bits per heavy atom. The molecule has 1 rings (SSSR count). The maximum atomic E-state index is 11.9. The normalized spacial score (nSPS) is 25.8. The third-order valence-corrected chi connectivity index (χ3v) is 3.11. The zero-order valence-corrected chi connectivity index (χ0v) is 10.5. The minimum absolute atomic E-state index is 0.0393. The van der Waals surface area contributed by atoms with E-state index in [0.29, 0.717) is 6.54 Å². The average molecular weight is 226 g/mol. The van der Waals surface area contributed by atoms with Crippen molar-refractivity contribution in [3.63, 3.8) is 0 Å². The lowest BCUT2D eigenvalue weighted by molar-refractivity contribution is -0.148. The van der Waals surface area contributed by atoms with Crippen molar-refractivity contribution in [2.75, 3.05) is 6.54 Å². The SMILES string of the molecule is CCCCCCN1C(=O)C(C)NC(=O)C1C. The smallest absolute Gasteiger partial charge is 0.245 e. The van der Waals surface area contributed by atoms with E-state index in [2.05, 4.69) is 12.2 Å². The standard InChI is InChI=1S/C12H22N2O2/c1-4-5-6-7-8-14-10(3)11(15)13-9(2)12(14)16/h9-10H,4-8H2,1-3H3,(H,13,15). The van der Waals surface area contributed by atoms with Crippen molar-refractivity contribution in [2.24, 2.45) is 0 Å². The average Bonchev–Trinajstić information content (AvgIpc) is 2.25. The molecule has 1 heterocycles. The second kappa shape index (κ2) is 5.87. The van der Waals surface area contributed by atoms with Crippen LogP contribution < -0.4 is 5.32 Å². The molecular formula is C12H22N2O2. The molecule has 1 aliphatic rings. The molecule has 2 unspecified atom stereocenters. The number of unbranched alkanes of at least 4 members (excludes halogenated alkanes) is 3. The number of piperazine rings is 1. The Balaban J connectivity index is 2.47. The van der Waals surface area contributed by atoms with E-state index in [-0.39, 0.29) is 23.9 Å². The fraction of sp³-hybridized carbons (Fsp3) is 0.833. The fourth-order valence-electron chi connectivity index (χ4n) is 1.99. The van der Waals surface area contributed by atoms with Gasteiger partial charge in [-0.05, 0) is 20.3 Å². The van der Waals surface area contributed by atoms with E-state index < -0.39 is 0 Å². The predicted octanol–water partition coefficient (Wildman–Crippen LogP) is 1.30. The van der Waals surface area contributed by atoms with Crippen LogP contribution in [0.1, 0.15) is 46.5 Å². The van der Waals surface area contributed by atoms with Crippen molar-refractivity contribution in [2.45, 2.75) is 58.5 Å². The molecule has 0 aromatic carbocycles. The molecule has 1 saturated heterocycles. The van der Waals surface area contributed by atoms with Crippen LogP contribution in [0.5, 0.6) is 0 Å². The largest absolute Gasteiger partial charge is 0.343 e. The van der Waals surface area contributed by atoms with Gasteiger partial charge in [-0.15, -0.1) is 0 Å². The van der Waals surface area contributed by atoms with Crippen LogP contribution in [0.25, 0.3) is 0 Å². The van der Waals surface area contributed by atoms with Crippen LogP contribution in [0, 0.1) is 0 Å². The van der Waals surface area contributed by atoms with Gasteiger partial charge >= 0.3 is 0 Å². The first-order valence-corrected chi connectivity index (χ1v) is 6.18. The molecule has 16 heavy (non-hydrogen) atoms. The molecule has 0 saturated carbocycles. The molecule has 0 radical (unpaired) electrons. The Bertz CT molecular complexity index is 266. The van der Waals surface area contributed by atoms with Crippen molar-refractivity contribution in [3.05, 3.63) is 0 Å². The van der Waals surface area contributed by atoms with E-state index in [4.69, 9.17) is 0 Å². The van der Waals surface area contributed by atoms with Crippen LogP contribution in [0.15, 0.2) is 0 Å². The molecular weight excluding hydrogens is 204 g/mol. The lowest BCUT2D eigenvalue weighted by Crippen LogP contribution is -2.61. The van der Waals surface area contributed by atoms with E-state index in [1.165, 1.54) is 12.8 Å². The number of carbonyl (C=O) groups excluding carboxylic acids is 2. The molecule has 0 bridgehead atoms. The van der Waals surface area contributed by atoms with Gasteiger partial charge in [0.25, 0.3) is 0 Å². The summed E-state index contributed by atoms with van der Waals surface area (Å²) < 4.78 is 0. The van der Waals surface area contributed by atoms with Gasteiger partial charge in [0.2, 0.25) is 11.8 Å². The molecule has 2 atom stereocenters. The molecule has 0 spiro atoms. The monoisotopic (exact) mass is 226 g/mol. The summed E-state index contributed by atoms with van der Waals surface area (Å²) in [6.45, 7) is 6.39. The zero-order valence-electron chi connectivity index (χ0n) is 10.5. The molecule has 1 N–H and O–H groups in total. The molecule has 4 nitrogen and oxygen atoms in total. The maximum Gasteiger partial charge on any atom is 0.245 e. The summed E-state index contributed by atoms with van der Waals surface area (Å²) in [7, 11) is 0. The fourth-order valence-corrected chi connectivity index (χ4v) is 1.99. The number of nitrogens with one attached hydrogen (secondary N) is 1. The third-order valence-electron chi connectivity index (χ3n) is 3.11. The molecule has 0 aromatic rings. The first-order chi connectivity index (χ1) is 7.57. The molecule has 1 aliphatic heterocycles. The van der Waals surface area contributed by atoms with Crippen molar-refractivity contribution in [1.29, 1.82) is 0 Å². The highest BCUT2D eigenvalue weighted by atomic mass is 16.2. The summed E-state index contributed by atoms with van der Waals surface area (Å²) in [5, 5.41) is 2.68. The van der Waals surface area contributed by atoms with Gasteiger partial charge in [0.1, 0.15) is 12.1 Å². The Labute approximate surface area is 97.4 Å². The molecule has 2 amide bonds. The molecule has 0 aromatic heterocycles. The van der Waals surface area contributed by atoms with Crippen LogP contribution in [0.3, 0.4) is 0 Å². The second-order valence-corrected chi connectivity index (χ2v) is 4.50. The van der Waals surface area contributed by atoms with Crippen LogP contribution in [-0.4, -0.2) is 35.3 Å². The van der Waals surface area contributed by atoms with E-state index in [1.54, 1.807) is 18.7 Å². The number of hydrogen-bond donors (Lipinski definition) is 1. The van der Waals surface area contributed by atoms with Crippen LogP contribution >= 0.6 is 0 Å². The minimum Gasteiger partial charge on any atom is -0.343 e. The molecule has 92 valence electrons. The number of amides is 2. The number of hydrogen-bond acceptors (Lipinski definition) is 2.